The van der Waals surface area contributed by atoms with Gasteiger partial charge in [-0.3, -0.25) is 4.79 Å². The average Bonchev–Trinajstić information content (AvgIpc) is 2.21. The molecule has 0 aliphatic rings. The summed E-state index contributed by atoms with van der Waals surface area (Å²) in [5.74, 6) is 0.331. The minimum Gasteiger partial charge on any atom is -0.468 e. The summed E-state index contributed by atoms with van der Waals surface area (Å²) in [6, 6.07) is 0. The Labute approximate surface area is 110 Å². The minimum absolute atomic E-state index is 0.0807. The van der Waals surface area contributed by atoms with E-state index in [0.29, 0.717) is 6.61 Å². The fourth-order valence-electron chi connectivity index (χ4n) is 0.550. The van der Waals surface area contributed by atoms with E-state index in [1.165, 1.54) is 7.11 Å². The first-order valence-corrected chi connectivity index (χ1v) is 6.06. The number of ether oxygens (including phenoxy) is 2. The molecule has 5 heteroatoms. The van der Waals surface area contributed by atoms with Crippen LogP contribution in [0.4, 0.5) is 4.79 Å². The molecule has 0 rings (SSSR count). The van der Waals surface area contributed by atoms with Gasteiger partial charge >= 0.3 is 12.1 Å². The lowest BCUT2D eigenvalue weighted by Gasteiger charge is -2.17. The third-order valence-corrected chi connectivity index (χ3v) is 1.24. The van der Waals surface area contributed by atoms with Crippen molar-refractivity contribution in [3.05, 3.63) is 0 Å². The molecule has 0 heterocycles. The third-order valence-electron chi connectivity index (χ3n) is 1.24. The third kappa shape index (κ3) is 20.2. The van der Waals surface area contributed by atoms with Gasteiger partial charge in [0.1, 0.15) is 6.54 Å². The topological polar surface area (TPSA) is 64.6 Å². The summed E-state index contributed by atoms with van der Waals surface area (Å²) in [6.45, 7) is 12.5. The number of hydrogen-bond donors (Lipinski definition) is 1. The van der Waals surface area contributed by atoms with Crippen LogP contribution in [-0.2, 0) is 14.3 Å². The Balaban J connectivity index is 0. The van der Waals surface area contributed by atoms with Crippen LogP contribution in [0.25, 0.3) is 0 Å². The van der Waals surface area contributed by atoms with Gasteiger partial charge in [0.05, 0.1) is 13.7 Å². The lowest BCUT2D eigenvalue weighted by atomic mass is 9.99. The van der Waals surface area contributed by atoms with Gasteiger partial charge in [-0.2, -0.15) is 0 Å². The maximum Gasteiger partial charge on any atom is 0.407 e. The quantitative estimate of drug-likeness (QED) is 0.793. The van der Waals surface area contributed by atoms with Crippen LogP contribution in [0.3, 0.4) is 0 Å². The van der Waals surface area contributed by atoms with E-state index in [9.17, 15) is 9.59 Å². The molecule has 108 valence electrons. The number of carbonyl (C=O) groups excluding carboxylic acids is 2. The first-order valence-electron chi connectivity index (χ1n) is 6.06. The smallest absolute Gasteiger partial charge is 0.407 e. The zero-order chi connectivity index (χ0) is 14.8. The fourth-order valence-corrected chi connectivity index (χ4v) is 0.550. The minimum atomic E-state index is -0.606. The van der Waals surface area contributed by atoms with Crippen molar-refractivity contribution in [2.75, 3.05) is 20.3 Å². The highest BCUT2D eigenvalue weighted by Gasteiger charge is 2.13. The van der Waals surface area contributed by atoms with Crippen LogP contribution in [0.5, 0.6) is 0 Å². The largest absolute Gasteiger partial charge is 0.468 e. The standard InChI is InChI=1S/C9H17NO4.C4H10/c1-9(2,3)6-14-8(12)10-5-7(11)13-4;1-4(2)3/h5-6H2,1-4H3,(H,10,12);4H,1-3H3. The van der Waals surface area contributed by atoms with Gasteiger partial charge in [-0.15, -0.1) is 0 Å². The fraction of sp³-hybridized carbons (Fsp3) is 0.846. The molecular formula is C13H27NO4. The predicted octanol–water partition coefficient (Wildman–Crippen LogP) is 2.59. The molecule has 18 heavy (non-hydrogen) atoms. The van der Waals surface area contributed by atoms with Crippen molar-refractivity contribution in [2.24, 2.45) is 11.3 Å². The van der Waals surface area contributed by atoms with Gasteiger partial charge in [-0.25, -0.2) is 4.79 Å². The summed E-state index contributed by atoms with van der Waals surface area (Å²) in [4.78, 5) is 21.6. The molecule has 0 unspecified atom stereocenters. The van der Waals surface area contributed by atoms with Crippen molar-refractivity contribution in [3.63, 3.8) is 0 Å². The SMILES string of the molecule is CC(C)C.COC(=O)CNC(=O)OCC(C)(C)C. The highest BCUT2D eigenvalue weighted by molar-refractivity contribution is 5.77. The molecule has 0 saturated heterocycles. The van der Waals surface area contributed by atoms with Gasteiger partial charge in [0.15, 0.2) is 0 Å². The van der Waals surface area contributed by atoms with Gasteiger partial charge in [-0.05, 0) is 11.3 Å². The van der Waals surface area contributed by atoms with Crippen LogP contribution in [0.2, 0.25) is 0 Å². The van der Waals surface area contributed by atoms with Gasteiger partial charge in [0.25, 0.3) is 0 Å². The summed E-state index contributed by atoms with van der Waals surface area (Å²) in [5.41, 5.74) is -0.0807. The van der Waals surface area contributed by atoms with Crippen molar-refractivity contribution >= 4 is 12.1 Å². The van der Waals surface area contributed by atoms with Crippen molar-refractivity contribution < 1.29 is 19.1 Å². The second kappa shape index (κ2) is 9.74. The second-order valence-corrected chi connectivity index (χ2v) is 5.80. The van der Waals surface area contributed by atoms with Crippen LogP contribution < -0.4 is 5.32 Å². The molecule has 0 bridgehead atoms. The Morgan fingerprint density at radius 3 is 1.94 bits per heavy atom. The molecular weight excluding hydrogens is 234 g/mol. The van der Waals surface area contributed by atoms with E-state index in [1.807, 2.05) is 20.8 Å². The van der Waals surface area contributed by atoms with Crippen LogP contribution in [0, 0.1) is 11.3 Å². The number of rotatable bonds is 3. The molecule has 0 aliphatic heterocycles. The molecule has 0 atom stereocenters. The molecule has 1 amide bonds. The monoisotopic (exact) mass is 261 g/mol. The van der Waals surface area contributed by atoms with Crippen LogP contribution in [0.15, 0.2) is 0 Å². The number of esters is 1. The second-order valence-electron chi connectivity index (χ2n) is 5.80. The number of alkyl carbamates (subject to hydrolysis) is 1. The molecule has 0 spiro atoms. The van der Waals surface area contributed by atoms with E-state index in [2.05, 4.69) is 30.8 Å². The predicted molar refractivity (Wildman–Crippen MR) is 71.3 cm³/mol. The first-order chi connectivity index (χ1) is 8.08. The molecule has 0 radical (unpaired) electrons. The maximum absolute atomic E-state index is 11.0. The van der Waals surface area contributed by atoms with Crippen molar-refractivity contribution in [1.82, 2.24) is 5.32 Å². The molecule has 5 nitrogen and oxygen atoms in total. The lowest BCUT2D eigenvalue weighted by Crippen LogP contribution is -2.32. The maximum atomic E-state index is 11.0. The van der Waals surface area contributed by atoms with E-state index < -0.39 is 12.1 Å². The van der Waals surface area contributed by atoms with Gasteiger partial charge in [0.2, 0.25) is 0 Å². The highest BCUT2D eigenvalue weighted by Crippen LogP contribution is 2.12. The Hall–Kier alpha value is -1.26. The Morgan fingerprint density at radius 2 is 1.61 bits per heavy atom. The van der Waals surface area contributed by atoms with Gasteiger partial charge in [-0.1, -0.05) is 41.5 Å². The lowest BCUT2D eigenvalue weighted by molar-refractivity contribution is -0.139. The molecule has 0 saturated carbocycles. The van der Waals surface area contributed by atoms with Crippen LogP contribution in [-0.4, -0.2) is 32.3 Å². The molecule has 0 aromatic heterocycles. The summed E-state index contributed by atoms with van der Waals surface area (Å²) in [6.07, 6.45) is -0.606. The number of nitrogens with one attached hydrogen (secondary N) is 1. The molecule has 0 fully saturated rings. The van der Waals surface area contributed by atoms with Gasteiger partial charge < -0.3 is 14.8 Å². The summed E-state index contributed by atoms with van der Waals surface area (Å²) >= 11 is 0. The van der Waals surface area contributed by atoms with Gasteiger partial charge in [0, 0.05) is 0 Å². The highest BCUT2D eigenvalue weighted by atomic mass is 16.6. The van der Waals surface area contributed by atoms with Crippen molar-refractivity contribution in [2.45, 2.75) is 41.5 Å². The summed E-state index contributed by atoms with van der Waals surface area (Å²) in [7, 11) is 1.25. The number of amides is 1. The van der Waals surface area contributed by atoms with E-state index in [4.69, 9.17) is 4.74 Å². The normalized spacial score (nSPS) is 10.2. The van der Waals surface area contributed by atoms with E-state index in [0.717, 1.165) is 5.92 Å². The van der Waals surface area contributed by atoms with Crippen molar-refractivity contribution in [1.29, 1.82) is 0 Å². The Bertz CT molecular complexity index is 241. The van der Waals surface area contributed by atoms with Crippen molar-refractivity contribution in [3.8, 4) is 0 Å². The summed E-state index contributed by atoms with van der Waals surface area (Å²) in [5, 5.41) is 2.27. The zero-order valence-corrected chi connectivity index (χ0v) is 12.6. The molecule has 0 aromatic carbocycles. The number of carbonyl (C=O) groups is 2. The Morgan fingerprint density at radius 1 is 1.17 bits per heavy atom. The summed E-state index contributed by atoms with van der Waals surface area (Å²) < 4.78 is 9.18. The van der Waals surface area contributed by atoms with Crippen LogP contribution in [0.1, 0.15) is 41.5 Å². The number of methoxy groups -OCH3 is 1. The van der Waals surface area contributed by atoms with Crippen LogP contribution >= 0.6 is 0 Å². The Kier molecular flexibility index (Phi) is 10.3. The molecule has 0 aromatic rings. The number of hydrogen-bond acceptors (Lipinski definition) is 4. The average molecular weight is 261 g/mol. The molecule has 1 N–H and O–H groups in total. The first kappa shape index (κ1) is 19.1. The zero-order valence-electron chi connectivity index (χ0n) is 12.6. The van der Waals surface area contributed by atoms with E-state index in [-0.39, 0.29) is 12.0 Å². The molecule has 0 aliphatic carbocycles. The van der Waals surface area contributed by atoms with E-state index in [1.54, 1.807) is 0 Å². The van der Waals surface area contributed by atoms with E-state index >= 15 is 0 Å².